The maximum absolute atomic E-state index is 12.3. The Kier molecular flexibility index (Phi) is 6.57. The molecule has 7 heteroatoms. The van der Waals surface area contributed by atoms with Gasteiger partial charge in [0.25, 0.3) is 11.1 Å². The van der Waals surface area contributed by atoms with Crippen molar-refractivity contribution in [1.82, 2.24) is 15.5 Å². The van der Waals surface area contributed by atoms with E-state index < -0.39 is 0 Å². The lowest BCUT2D eigenvalue weighted by molar-refractivity contribution is -0.119. The molecule has 2 aromatic heterocycles. The lowest BCUT2D eigenvalue weighted by Gasteiger charge is -2.15. The van der Waals surface area contributed by atoms with Crippen LogP contribution in [0.5, 0.6) is 0 Å². The highest BCUT2D eigenvalue weighted by Crippen LogP contribution is 2.26. The van der Waals surface area contributed by atoms with Gasteiger partial charge in [0.05, 0.1) is 23.6 Å². The van der Waals surface area contributed by atoms with E-state index in [1.807, 2.05) is 13.8 Å². The summed E-state index contributed by atoms with van der Waals surface area (Å²) in [4.78, 5) is 12.3. The normalized spacial score (nSPS) is 12.3. The Morgan fingerprint density at radius 2 is 1.89 bits per heavy atom. The van der Waals surface area contributed by atoms with Crippen LogP contribution in [0.3, 0.4) is 0 Å². The second-order valence-corrected chi connectivity index (χ2v) is 8.11. The summed E-state index contributed by atoms with van der Waals surface area (Å²) in [6.45, 7) is 8.22. The number of carbonyl (C=O) groups is 1. The van der Waals surface area contributed by atoms with E-state index in [2.05, 4.69) is 53.6 Å². The summed E-state index contributed by atoms with van der Waals surface area (Å²) >= 11 is 1.22. The van der Waals surface area contributed by atoms with E-state index >= 15 is 0 Å². The molecular weight excluding hydrogens is 374 g/mol. The van der Waals surface area contributed by atoms with Crippen LogP contribution in [0.1, 0.15) is 43.7 Å². The van der Waals surface area contributed by atoms with E-state index in [0.717, 1.165) is 17.5 Å². The van der Waals surface area contributed by atoms with Crippen LogP contribution in [0.25, 0.3) is 11.5 Å². The summed E-state index contributed by atoms with van der Waals surface area (Å²) in [6, 6.07) is 10.1. The van der Waals surface area contributed by atoms with Gasteiger partial charge in [0.1, 0.15) is 5.76 Å². The molecule has 0 spiro atoms. The molecule has 3 rings (SSSR count). The molecule has 1 N–H and O–H groups in total. The van der Waals surface area contributed by atoms with Gasteiger partial charge in [0.15, 0.2) is 0 Å². The van der Waals surface area contributed by atoms with Crippen molar-refractivity contribution in [2.75, 3.05) is 5.75 Å². The maximum atomic E-state index is 12.3. The predicted molar refractivity (Wildman–Crippen MR) is 109 cm³/mol. The Morgan fingerprint density at radius 3 is 2.54 bits per heavy atom. The highest BCUT2D eigenvalue weighted by molar-refractivity contribution is 7.99. The summed E-state index contributed by atoms with van der Waals surface area (Å²) < 4.78 is 10.8. The third kappa shape index (κ3) is 5.25. The van der Waals surface area contributed by atoms with Gasteiger partial charge in [-0.15, -0.1) is 10.2 Å². The Balaban J connectivity index is 1.50. The van der Waals surface area contributed by atoms with Gasteiger partial charge in [-0.3, -0.25) is 4.79 Å². The van der Waals surface area contributed by atoms with Crippen LogP contribution in [-0.2, 0) is 11.2 Å². The third-order valence-corrected chi connectivity index (χ3v) is 5.14. The van der Waals surface area contributed by atoms with E-state index in [0.29, 0.717) is 22.8 Å². The number of benzene rings is 1. The number of amides is 1. The molecule has 0 bridgehead atoms. The molecule has 0 aliphatic rings. The molecule has 0 saturated heterocycles. The monoisotopic (exact) mass is 399 g/mol. The number of aryl methyl sites for hydroxylation is 1. The molecule has 1 amide bonds. The van der Waals surface area contributed by atoms with Gasteiger partial charge in [-0.1, -0.05) is 49.9 Å². The molecular formula is C21H25N3O3S. The van der Waals surface area contributed by atoms with Crippen molar-refractivity contribution >= 4 is 17.7 Å². The molecule has 148 valence electrons. The zero-order valence-corrected chi connectivity index (χ0v) is 17.4. The van der Waals surface area contributed by atoms with Crippen LogP contribution >= 0.6 is 11.8 Å². The maximum Gasteiger partial charge on any atom is 0.277 e. The molecule has 2 heterocycles. The molecule has 6 nitrogen and oxygen atoms in total. The van der Waals surface area contributed by atoms with E-state index in [1.54, 1.807) is 12.3 Å². The van der Waals surface area contributed by atoms with Gasteiger partial charge in [-0.25, -0.2) is 0 Å². The number of hydrogen-bond donors (Lipinski definition) is 1. The summed E-state index contributed by atoms with van der Waals surface area (Å²) in [7, 11) is 0. The molecule has 0 saturated carbocycles. The van der Waals surface area contributed by atoms with Gasteiger partial charge in [0, 0.05) is 0 Å². The van der Waals surface area contributed by atoms with Gasteiger partial charge in [-0.05, 0) is 43.4 Å². The molecule has 0 unspecified atom stereocenters. The minimum Gasteiger partial charge on any atom is -0.469 e. The summed E-state index contributed by atoms with van der Waals surface area (Å²) in [5, 5.41) is 11.3. The molecule has 0 radical (unpaired) electrons. The average Bonchev–Trinajstić information content (AvgIpc) is 3.28. The van der Waals surface area contributed by atoms with Crippen LogP contribution in [-0.4, -0.2) is 21.9 Å². The molecule has 0 fully saturated rings. The highest BCUT2D eigenvalue weighted by atomic mass is 32.2. The molecule has 3 aromatic rings. The standard InChI is InChI=1S/C21H25N3O3S/c1-13(2)11-16-5-7-17(8-6-16)14(3)22-19(25)12-28-21-24-23-20(27-21)18-9-10-26-15(18)4/h5-10,13-14H,11-12H2,1-4H3,(H,22,25)/t14-/m0/s1. The first-order valence-electron chi connectivity index (χ1n) is 9.31. The number of furan rings is 1. The van der Waals surface area contributed by atoms with Crippen molar-refractivity contribution in [3.8, 4) is 11.5 Å². The molecule has 1 atom stereocenters. The fourth-order valence-electron chi connectivity index (χ4n) is 2.89. The van der Waals surface area contributed by atoms with Gasteiger partial charge >= 0.3 is 0 Å². The number of rotatable bonds is 8. The van der Waals surface area contributed by atoms with Crippen molar-refractivity contribution in [3.05, 3.63) is 53.5 Å². The SMILES string of the molecule is Cc1occc1-c1nnc(SCC(=O)N[C@@H](C)c2ccc(CC(C)C)cc2)o1. The predicted octanol–water partition coefficient (Wildman–Crippen LogP) is 4.81. The number of aromatic nitrogens is 2. The van der Waals surface area contributed by atoms with Crippen molar-refractivity contribution in [2.24, 2.45) is 5.92 Å². The smallest absolute Gasteiger partial charge is 0.277 e. The zero-order valence-electron chi connectivity index (χ0n) is 16.6. The Morgan fingerprint density at radius 1 is 1.14 bits per heavy atom. The van der Waals surface area contributed by atoms with Gasteiger partial charge in [-0.2, -0.15) is 0 Å². The largest absolute Gasteiger partial charge is 0.469 e. The zero-order chi connectivity index (χ0) is 20.1. The second kappa shape index (κ2) is 9.10. The van der Waals surface area contributed by atoms with Gasteiger partial charge in [0.2, 0.25) is 5.91 Å². The minimum absolute atomic E-state index is 0.0620. The van der Waals surface area contributed by atoms with E-state index in [-0.39, 0.29) is 17.7 Å². The van der Waals surface area contributed by atoms with E-state index in [9.17, 15) is 4.79 Å². The third-order valence-electron chi connectivity index (χ3n) is 4.32. The minimum atomic E-state index is -0.0806. The fourth-order valence-corrected chi connectivity index (χ4v) is 3.47. The summed E-state index contributed by atoms with van der Waals surface area (Å²) in [5.41, 5.74) is 3.16. The van der Waals surface area contributed by atoms with Crippen LogP contribution in [0.4, 0.5) is 0 Å². The van der Waals surface area contributed by atoms with Crippen LogP contribution in [0.15, 0.2) is 50.7 Å². The van der Waals surface area contributed by atoms with Crippen molar-refractivity contribution in [3.63, 3.8) is 0 Å². The first kappa shape index (κ1) is 20.2. The van der Waals surface area contributed by atoms with Crippen molar-refractivity contribution < 1.29 is 13.6 Å². The lowest BCUT2D eigenvalue weighted by atomic mass is 10.00. The van der Waals surface area contributed by atoms with Gasteiger partial charge < -0.3 is 14.2 Å². The lowest BCUT2D eigenvalue weighted by Crippen LogP contribution is -2.28. The average molecular weight is 400 g/mol. The van der Waals surface area contributed by atoms with Crippen molar-refractivity contribution in [1.29, 1.82) is 0 Å². The quantitative estimate of drug-likeness (QED) is 0.548. The number of carbonyl (C=O) groups excluding carboxylic acids is 1. The second-order valence-electron chi connectivity index (χ2n) is 7.18. The molecule has 1 aromatic carbocycles. The highest BCUT2D eigenvalue weighted by Gasteiger charge is 2.15. The summed E-state index contributed by atoms with van der Waals surface area (Å²) in [5.74, 6) is 1.86. The van der Waals surface area contributed by atoms with Crippen LogP contribution in [0, 0.1) is 12.8 Å². The van der Waals surface area contributed by atoms with E-state index in [1.165, 1.54) is 17.3 Å². The van der Waals surface area contributed by atoms with Crippen LogP contribution in [0.2, 0.25) is 0 Å². The Hall–Kier alpha value is -2.54. The molecule has 0 aliphatic heterocycles. The molecule has 0 aliphatic carbocycles. The van der Waals surface area contributed by atoms with Crippen molar-refractivity contribution in [2.45, 2.75) is 45.4 Å². The number of nitrogens with zero attached hydrogens (tertiary/aromatic N) is 2. The topological polar surface area (TPSA) is 81.2 Å². The number of nitrogens with one attached hydrogen (secondary N) is 1. The summed E-state index contributed by atoms with van der Waals surface area (Å²) in [6.07, 6.45) is 2.63. The number of thioether (sulfide) groups is 1. The van der Waals surface area contributed by atoms with Crippen LogP contribution < -0.4 is 5.32 Å². The van der Waals surface area contributed by atoms with E-state index in [4.69, 9.17) is 8.83 Å². The fraction of sp³-hybridized carbons (Fsp3) is 0.381. The first-order chi connectivity index (χ1) is 13.4. The first-order valence-corrected chi connectivity index (χ1v) is 10.3. The Labute approximate surface area is 169 Å². The Bertz CT molecular complexity index is 915. The number of hydrogen-bond acceptors (Lipinski definition) is 6. The molecule has 28 heavy (non-hydrogen) atoms.